The number of hydrogen-bond donors (Lipinski definition) is 1. The Morgan fingerprint density at radius 2 is 2.04 bits per heavy atom. The quantitative estimate of drug-likeness (QED) is 0.758. The van der Waals surface area contributed by atoms with Crippen molar-refractivity contribution >= 4 is 23.5 Å². The standard InChI is InChI=1S/C15H14N2O6/c1-7(18)23-8-2-11-14(19)16-10-4-13-12(21-6-22-13)3-9(10)15(20)17(11)5-8/h3-4,8,11H,2,5-6H2,1H3,(H,16,19)/t8-,11+/m1/s1. The number of nitrogens with one attached hydrogen (secondary N) is 1. The zero-order chi connectivity index (χ0) is 16.1. The number of anilines is 1. The first-order valence-electron chi connectivity index (χ1n) is 7.25. The minimum absolute atomic E-state index is 0.0846. The molecular formula is C15H14N2O6. The summed E-state index contributed by atoms with van der Waals surface area (Å²) in [6.07, 6.45) is -0.180. The van der Waals surface area contributed by atoms with E-state index in [1.54, 1.807) is 12.1 Å². The van der Waals surface area contributed by atoms with Crippen LogP contribution in [0, 0.1) is 0 Å². The van der Waals surface area contributed by atoms with E-state index < -0.39 is 18.1 Å². The van der Waals surface area contributed by atoms with Crippen LogP contribution in [0.2, 0.25) is 0 Å². The van der Waals surface area contributed by atoms with Crippen molar-refractivity contribution < 1.29 is 28.6 Å². The van der Waals surface area contributed by atoms with E-state index in [1.165, 1.54) is 11.8 Å². The molecule has 0 aliphatic carbocycles. The molecule has 1 fully saturated rings. The van der Waals surface area contributed by atoms with Gasteiger partial charge in [0.05, 0.1) is 17.8 Å². The number of rotatable bonds is 1. The summed E-state index contributed by atoms with van der Waals surface area (Å²) in [7, 11) is 0. The third-order valence-corrected chi connectivity index (χ3v) is 4.16. The summed E-state index contributed by atoms with van der Waals surface area (Å²) in [5, 5.41) is 2.75. The summed E-state index contributed by atoms with van der Waals surface area (Å²) in [6.45, 7) is 1.59. The van der Waals surface area contributed by atoms with Gasteiger partial charge >= 0.3 is 5.97 Å². The number of benzene rings is 1. The van der Waals surface area contributed by atoms with Crippen LogP contribution in [0.4, 0.5) is 5.69 Å². The average Bonchev–Trinajstić information content (AvgIpc) is 3.09. The smallest absolute Gasteiger partial charge is 0.302 e. The van der Waals surface area contributed by atoms with Gasteiger partial charge in [-0.1, -0.05) is 0 Å². The molecule has 3 heterocycles. The van der Waals surface area contributed by atoms with Gasteiger partial charge in [0.2, 0.25) is 12.7 Å². The van der Waals surface area contributed by atoms with Gasteiger partial charge in [-0.05, 0) is 6.07 Å². The third-order valence-electron chi connectivity index (χ3n) is 4.16. The maximum atomic E-state index is 12.8. The van der Waals surface area contributed by atoms with Crippen LogP contribution in [0.1, 0.15) is 23.7 Å². The summed E-state index contributed by atoms with van der Waals surface area (Å²) in [5.74, 6) is -0.0524. The van der Waals surface area contributed by atoms with Crippen molar-refractivity contribution in [3.63, 3.8) is 0 Å². The van der Waals surface area contributed by atoms with Crippen LogP contribution >= 0.6 is 0 Å². The minimum Gasteiger partial charge on any atom is -0.461 e. The van der Waals surface area contributed by atoms with Crippen LogP contribution in [0.25, 0.3) is 0 Å². The molecule has 4 rings (SSSR count). The average molecular weight is 318 g/mol. The van der Waals surface area contributed by atoms with Gasteiger partial charge in [0.25, 0.3) is 5.91 Å². The van der Waals surface area contributed by atoms with Crippen molar-refractivity contribution in [2.45, 2.75) is 25.5 Å². The highest BCUT2D eigenvalue weighted by atomic mass is 16.7. The lowest BCUT2D eigenvalue weighted by atomic mass is 10.1. The van der Waals surface area contributed by atoms with Crippen LogP contribution in [0.15, 0.2) is 12.1 Å². The number of ether oxygens (including phenoxy) is 3. The Labute approximate surface area is 131 Å². The van der Waals surface area contributed by atoms with E-state index in [4.69, 9.17) is 14.2 Å². The molecule has 1 saturated heterocycles. The Kier molecular flexibility index (Phi) is 2.93. The largest absolute Gasteiger partial charge is 0.461 e. The van der Waals surface area contributed by atoms with Crippen LogP contribution < -0.4 is 14.8 Å². The zero-order valence-corrected chi connectivity index (χ0v) is 12.3. The van der Waals surface area contributed by atoms with E-state index in [0.29, 0.717) is 22.7 Å². The van der Waals surface area contributed by atoms with Gasteiger partial charge in [0, 0.05) is 19.4 Å². The molecule has 1 aromatic rings. The fraction of sp³-hybridized carbons (Fsp3) is 0.400. The Balaban J connectivity index is 1.70. The lowest BCUT2D eigenvalue weighted by Crippen LogP contribution is -2.40. The van der Waals surface area contributed by atoms with Crippen molar-refractivity contribution in [3.05, 3.63) is 17.7 Å². The molecule has 1 aromatic carbocycles. The molecular weight excluding hydrogens is 304 g/mol. The Hall–Kier alpha value is -2.77. The predicted molar refractivity (Wildman–Crippen MR) is 76.2 cm³/mol. The molecule has 0 spiro atoms. The molecule has 0 saturated carbocycles. The predicted octanol–water partition coefficient (Wildman–Crippen LogP) is 0.514. The molecule has 3 aliphatic rings. The van der Waals surface area contributed by atoms with Gasteiger partial charge in [0.1, 0.15) is 12.1 Å². The summed E-state index contributed by atoms with van der Waals surface area (Å²) in [6, 6.07) is 2.51. The van der Waals surface area contributed by atoms with Gasteiger partial charge in [-0.15, -0.1) is 0 Å². The van der Waals surface area contributed by atoms with E-state index >= 15 is 0 Å². The number of hydrogen-bond acceptors (Lipinski definition) is 6. The first-order chi connectivity index (χ1) is 11.0. The maximum absolute atomic E-state index is 12.8. The van der Waals surface area contributed by atoms with Crippen molar-refractivity contribution in [2.75, 3.05) is 18.7 Å². The van der Waals surface area contributed by atoms with Gasteiger partial charge in [-0.2, -0.15) is 0 Å². The van der Waals surface area contributed by atoms with Crippen molar-refractivity contribution in [3.8, 4) is 11.5 Å². The number of esters is 1. The number of fused-ring (bicyclic) bond motifs is 3. The normalized spacial score (nSPS) is 24.7. The number of carbonyl (C=O) groups excluding carboxylic acids is 3. The van der Waals surface area contributed by atoms with E-state index in [1.807, 2.05) is 0 Å². The molecule has 0 unspecified atom stereocenters. The SMILES string of the molecule is CC(=O)O[C@@H]1C[C@H]2C(=O)Nc3cc4c(cc3C(=O)N2C1)OCO4. The lowest BCUT2D eigenvalue weighted by Gasteiger charge is -2.19. The molecule has 0 radical (unpaired) electrons. The minimum atomic E-state index is -0.657. The number of nitrogens with zero attached hydrogens (tertiary/aromatic N) is 1. The Morgan fingerprint density at radius 1 is 1.30 bits per heavy atom. The number of amides is 2. The molecule has 120 valence electrons. The van der Waals surface area contributed by atoms with E-state index in [2.05, 4.69) is 5.32 Å². The molecule has 8 heteroatoms. The molecule has 1 N–H and O–H groups in total. The molecule has 23 heavy (non-hydrogen) atoms. The van der Waals surface area contributed by atoms with Gasteiger partial charge in [0.15, 0.2) is 11.5 Å². The first kappa shape index (κ1) is 13.9. The van der Waals surface area contributed by atoms with Crippen LogP contribution in [-0.2, 0) is 14.3 Å². The fourth-order valence-electron chi connectivity index (χ4n) is 3.18. The second-order valence-corrected chi connectivity index (χ2v) is 5.68. The van der Waals surface area contributed by atoms with Gasteiger partial charge < -0.3 is 24.4 Å². The maximum Gasteiger partial charge on any atom is 0.302 e. The molecule has 0 bridgehead atoms. The Morgan fingerprint density at radius 3 is 2.78 bits per heavy atom. The molecule has 3 aliphatic heterocycles. The molecule has 2 amide bonds. The van der Waals surface area contributed by atoms with Crippen LogP contribution in [-0.4, -0.2) is 48.2 Å². The summed E-state index contributed by atoms with van der Waals surface area (Å²) in [5.41, 5.74) is 0.747. The topological polar surface area (TPSA) is 94.2 Å². The van der Waals surface area contributed by atoms with E-state index in [9.17, 15) is 14.4 Å². The molecule has 0 aromatic heterocycles. The van der Waals surface area contributed by atoms with Crippen molar-refractivity contribution in [2.24, 2.45) is 0 Å². The highest BCUT2D eigenvalue weighted by Crippen LogP contribution is 2.39. The second kappa shape index (κ2) is 4.87. The van der Waals surface area contributed by atoms with E-state index in [-0.39, 0.29) is 31.6 Å². The fourth-order valence-corrected chi connectivity index (χ4v) is 3.18. The monoisotopic (exact) mass is 318 g/mol. The highest BCUT2D eigenvalue weighted by Gasteiger charge is 2.44. The van der Waals surface area contributed by atoms with Crippen molar-refractivity contribution in [1.82, 2.24) is 4.90 Å². The zero-order valence-electron chi connectivity index (χ0n) is 12.3. The third kappa shape index (κ3) is 2.18. The summed E-state index contributed by atoms with van der Waals surface area (Å²) >= 11 is 0. The van der Waals surface area contributed by atoms with E-state index in [0.717, 1.165) is 0 Å². The lowest BCUT2D eigenvalue weighted by molar-refractivity contribution is -0.145. The second-order valence-electron chi connectivity index (χ2n) is 5.68. The van der Waals surface area contributed by atoms with Gasteiger partial charge in [-0.3, -0.25) is 14.4 Å². The summed E-state index contributed by atoms with van der Waals surface area (Å²) in [4.78, 5) is 37.8. The molecule has 8 nitrogen and oxygen atoms in total. The molecule has 2 atom stereocenters. The van der Waals surface area contributed by atoms with Crippen LogP contribution in [0.5, 0.6) is 11.5 Å². The van der Waals surface area contributed by atoms with Crippen molar-refractivity contribution in [1.29, 1.82) is 0 Å². The highest BCUT2D eigenvalue weighted by molar-refractivity contribution is 6.10. The van der Waals surface area contributed by atoms with Crippen LogP contribution in [0.3, 0.4) is 0 Å². The Bertz CT molecular complexity index is 731. The number of carbonyl (C=O) groups is 3. The first-order valence-corrected chi connectivity index (χ1v) is 7.25. The summed E-state index contributed by atoms with van der Waals surface area (Å²) < 4.78 is 15.7. The van der Waals surface area contributed by atoms with Gasteiger partial charge in [-0.25, -0.2) is 0 Å².